The van der Waals surface area contributed by atoms with Crippen LogP contribution in [0.25, 0.3) is 0 Å². The Balaban J connectivity index is 1.93. The summed E-state index contributed by atoms with van der Waals surface area (Å²) in [5.41, 5.74) is 2.04. The molecule has 2 rings (SSSR count). The van der Waals surface area contributed by atoms with E-state index in [0.717, 1.165) is 16.8 Å². The van der Waals surface area contributed by atoms with Crippen LogP contribution in [0.15, 0.2) is 32.5 Å². The third-order valence-electron chi connectivity index (χ3n) is 2.49. The molecule has 0 aliphatic rings. The second-order valence-corrected chi connectivity index (χ2v) is 6.05. The molecule has 2 aromatic heterocycles. The van der Waals surface area contributed by atoms with Crippen LogP contribution < -0.4 is 11.3 Å². The van der Waals surface area contributed by atoms with Gasteiger partial charge in [0.1, 0.15) is 5.76 Å². The van der Waals surface area contributed by atoms with Crippen LogP contribution in [-0.2, 0) is 13.1 Å². The molecule has 0 aliphatic heterocycles. The summed E-state index contributed by atoms with van der Waals surface area (Å²) in [6.07, 6.45) is 0. The minimum Gasteiger partial charge on any atom is -0.455 e. The number of rotatable bonds is 5. The van der Waals surface area contributed by atoms with E-state index in [9.17, 15) is 4.79 Å². The average Bonchev–Trinajstić information content (AvgIpc) is 2.98. The van der Waals surface area contributed by atoms with Crippen LogP contribution in [-0.4, -0.2) is 17.9 Å². The van der Waals surface area contributed by atoms with Gasteiger partial charge in [0.2, 0.25) is 0 Å². The van der Waals surface area contributed by atoms with Crippen LogP contribution >= 0.6 is 27.3 Å². The zero-order valence-corrected chi connectivity index (χ0v) is 12.8. The van der Waals surface area contributed by atoms with Crippen LogP contribution in [0.5, 0.6) is 0 Å². The third kappa shape index (κ3) is 3.90. The Kier molecular flexibility index (Phi) is 4.76. The number of hydrogen-bond acceptors (Lipinski definition) is 5. The Bertz CT molecular complexity index is 567. The fraction of sp³-hybridized carbons (Fsp3) is 0.250. The Hall–Kier alpha value is -1.15. The van der Waals surface area contributed by atoms with Crippen molar-refractivity contribution >= 4 is 33.2 Å². The van der Waals surface area contributed by atoms with Gasteiger partial charge in [0.25, 0.3) is 0 Å². The maximum Gasteiger partial charge on any atom is 0.300 e. The first kappa shape index (κ1) is 14.3. The number of nitrogens with one attached hydrogen (secondary N) is 1. The molecule has 7 heteroatoms. The number of halogens is 1. The van der Waals surface area contributed by atoms with E-state index < -0.39 is 5.91 Å². The summed E-state index contributed by atoms with van der Waals surface area (Å²) >= 11 is 5.14. The van der Waals surface area contributed by atoms with Gasteiger partial charge in [-0.05, 0) is 41.2 Å². The second kappa shape index (κ2) is 6.33. The zero-order chi connectivity index (χ0) is 13.8. The molecule has 0 unspecified atom stereocenters. The SMILES string of the molecule is CN(Cc1ccc(C(=O)NN)o1)Cc1cc(Br)cs1. The Labute approximate surface area is 123 Å². The van der Waals surface area contributed by atoms with Crippen LogP contribution in [0.2, 0.25) is 0 Å². The number of carbonyl (C=O) groups is 1. The predicted octanol–water partition coefficient (Wildman–Crippen LogP) is 2.34. The molecule has 5 nitrogen and oxygen atoms in total. The highest BCUT2D eigenvalue weighted by molar-refractivity contribution is 9.10. The lowest BCUT2D eigenvalue weighted by Crippen LogP contribution is -2.29. The second-order valence-electron chi connectivity index (χ2n) is 4.14. The van der Waals surface area contributed by atoms with Gasteiger partial charge in [0.05, 0.1) is 6.54 Å². The van der Waals surface area contributed by atoms with Crippen LogP contribution in [0.4, 0.5) is 0 Å². The quantitative estimate of drug-likeness (QED) is 0.496. The van der Waals surface area contributed by atoms with E-state index in [1.807, 2.05) is 12.5 Å². The molecule has 19 heavy (non-hydrogen) atoms. The van der Waals surface area contributed by atoms with Crippen LogP contribution in [0.1, 0.15) is 21.2 Å². The van der Waals surface area contributed by atoms with E-state index >= 15 is 0 Å². The van der Waals surface area contributed by atoms with Crippen molar-refractivity contribution in [3.8, 4) is 0 Å². The van der Waals surface area contributed by atoms with Gasteiger partial charge < -0.3 is 4.42 Å². The largest absolute Gasteiger partial charge is 0.455 e. The smallest absolute Gasteiger partial charge is 0.300 e. The molecular weight excluding hydrogens is 330 g/mol. The number of carbonyl (C=O) groups excluding carboxylic acids is 1. The van der Waals surface area contributed by atoms with Crippen LogP contribution in [0, 0.1) is 0 Å². The summed E-state index contributed by atoms with van der Waals surface area (Å²) in [4.78, 5) is 14.6. The van der Waals surface area contributed by atoms with Crippen LogP contribution in [0.3, 0.4) is 0 Å². The summed E-state index contributed by atoms with van der Waals surface area (Å²) in [7, 11) is 2.00. The van der Waals surface area contributed by atoms with E-state index in [1.165, 1.54) is 4.88 Å². The van der Waals surface area contributed by atoms with E-state index in [4.69, 9.17) is 10.3 Å². The molecule has 0 aromatic carbocycles. The molecule has 0 aliphatic carbocycles. The molecule has 0 bridgehead atoms. The Morgan fingerprint density at radius 2 is 2.32 bits per heavy atom. The number of furan rings is 1. The number of nitrogens with zero attached hydrogens (tertiary/aromatic N) is 1. The van der Waals surface area contributed by atoms with Crippen molar-refractivity contribution in [2.24, 2.45) is 5.84 Å². The van der Waals surface area contributed by atoms with Gasteiger partial charge in [0, 0.05) is 21.3 Å². The lowest BCUT2D eigenvalue weighted by atomic mass is 10.3. The topological polar surface area (TPSA) is 71.5 Å². The molecule has 0 saturated heterocycles. The van der Waals surface area contributed by atoms with Crippen molar-refractivity contribution in [1.29, 1.82) is 0 Å². The highest BCUT2D eigenvalue weighted by atomic mass is 79.9. The van der Waals surface area contributed by atoms with Crippen molar-refractivity contribution < 1.29 is 9.21 Å². The molecule has 1 amide bonds. The Morgan fingerprint density at radius 1 is 1.53 bits per heavy atom. The minimum atomic E-state index is -0.420. The molecule has 0 atom stereocenters. The monoisotopic (exact) mass is 343 g/mol. The van der Waals surface area contributed by atoms with Crippen molar-refractivity contribution in [3.63, 3.8) is 0 Å². The van der Waals surface area contributed by atoms with Gasteiger partial charge >= 0.3 is 5.91 Å². The van der Waals surface area contributed by atoms with E-state index in [-0.39, 0.29) is 5.76 Å². The fourth-order valence-corrected chi connectivity index (χ4v) is 3.21. The normalized spacial score (nSPS) is 10.9. The lowest BCUT2D eigenvalue weighted by molar-refractivity contribution is 0.0922. The average molecular weight is 344 g/mol. The number of amides is 1. The van der Waals surface area contributed by atoms with Gasteiger partial charge in [-0.2, -0.15) is 0 Å². The molecule has 102 valence electrons. The van der Waals surface area contributed by atoms with E-state index in [1.54, 1.807) is 23.5 Å². The molecule has 2 aromatic rings. The first-order chi connectivity index (χ1) is 9.08. The number of thiophene rings is 1. The molecular formula is C12H14BrN3O2S. The summed E-state index contributed by atoms with van der Waals surface area (Å²) < 4.78 is 6.51. The summed E-state index contributed by atoms with van der Waals surface area (Å²) in [6.45, 7) is 1.46. The summed E-state index contributed by atoms with van der Waals surface area (Å²) in [6, 6.07) is 5.50. The first-order valence-electron chi connectivity index (χ1n) is 5.59. The van der Waals surface area contributed by atoms with Crippen molar-refractivity contribution in [2.75, 3.05) is 7.05 Å². The molecule has 0 saturated carbocycles. The number of hydrazine groups is 1. The van der Waals surface area contributed by atoms with Crippen molar-refractivity contribution in [1.82, 2.24) is 10.3 Å². The highest BCUT2D eigenvalue weighted by Gasteiger charge is 2.11. The molecule has 0 radical (unpaired) electrons. The summed E-state index contributed by atoms with van der Waals surface area (Å²) in [5.74, 6) is 5.59. The van der Waals surface area contributed by atoms with Gasteiger partial charge in [-0.3, -0.25) is 15.1 Å². The molecule has 2 heterocycles. The molecule has 0 spiro atoms. The predicted molar refractivity (Wildman–Crippen MR) is 77.6 cm³/mol. The number of nitrogens with two attached hydrogens (primary N) is 1. The molecule has 3 N–H and O–H groups in total. The van der Waals surface area contributed by atoms with Gasteiger partial charge in [-0.25, -0.2) is 5.84 Å². The van der Waals surface area contributed by atoms with Gasteiger partial charge in [-0.15, -0.1) is 11.3 Å². The van der Waals surface area contributed by atoms with Crippen molar-refractivity contribution in [3.05, 3.63) is 44.4 Å². The number of hydrogen-bond donors (Lipinski definition) is 2. The Morgan fingerprint density at radius 3 is 2.95 bits per heavy atom. The number of nitrogen functional groups attached to an aromatic ring is 1. The van der Waals surface area contributed by atoms with Gasteiger partial charge in [0.15, 0.2) is 5.76 Å². The zero-order valence-electron chi connectivity index (χ0n) is 10.4. The first-order valence-corrected chi connectivity index (χ1v) is 7.27. The standard InChI is InChI=1S/C12H14BrN3O2S/c1-16(6-10-4-8(13)7-19-10)5-9-2-3-11(18-9)12(17)15-14/h2-4,7H,5-6,14H2,1H3,(H,15,17). The lowest BCUT2D eigenvalue weighted by Gasteiger charge is -2.13. The fourth-order valence-electron chi connectivity index (χ4n) is 1.68. The van der Waals surface area contributed by atoms with E-state index in [2.05, 4.69) is 32.3 Å². The summed E-state index contributed by atoms with van der Waals surface area (Å²) in [5, 5.41) is 2.06. The van der Waals surface area contributed by atoms with E-state index in [0.29, 0.717) is 6.54 Å². The van der Waals surface area contributed by atoms with Crippen molar-refractivity contribution in [2.45, 2.75) is 13.1 Å². The highest BCUT2D eigenvalue weighted by Crippen LogP contribution is 2.21. The maximum atomic E-state index is 11.3. The minimum absolute atomic E-state index is 0.227. The maximum absolute atomic E-state index is 11.3. The molecule has 0 fully saturated rings. The third-order valence-corrected chi connectivity index (χ3v) is 4.17. The van der Waals surface area contributed by atoms with Gasteiger partial charge in [-0.1, -0.05) is 0 Å².